The van der Waals surface area contributed by atoms with E-state index in [1.807, 2.05) is 0 Å². The standard InChI is InChI=1S/C28H25FN4O5/c1-33(2)28(34)18-11-24(35-3)26(32-14-18)25-12-21-27(38-25)19(6-8-31-21)16-4-5-22(17(10-16)13-30)37-23-7-9-36-15-20(23)29/h4-6,8,10-12,14,20,23H,7,9,15H2,1-3H3. The summed E-state index contributed by atoms with van der Waals surface area (Å²) in [6.45, 7) is 0.393. The lowest BCUT2D eigenvalue weighted by Crippen LogP contribution is -2.37. The van der Waals surface area contributed by atoms with Crippen LogP contribution in [0.2, 0.25) is 0 Å². The number of benzene rings is 1. The number of alkyl halides is 1. The van der Waals surface area contributed by atoms with Crippen LogP contribution in [0.1, 0.15) is 22.3 Å². The van der Waals surface area contributed by atoms with E-state index >= 15 is 0 Å². The minimum absolute atomic E-state index is 0.0191. The Balaban J connectivity index is 1.51. The molecule has 1 fully saturated rings. The number of ether oxygens (including phenoxy) is 3. The summed E-state index contributed by atoms with van der Waals surface area (Å²) in [5.74, 6) is 0.911. The highest BCUT2D eigenvalue weighted by molar-refractivity contribution is 5.95. The SMILES string of the molecule is COc1cc(C(=O)N(C)C)cnc1-c1cc2nccc(-c3ccc(OC4CCOCC4F)c(C#N)c3)c2o1. The Bertz CT molecular complexity index is 1540. The Labute approximate surface area is 218 Å². The van der Waals surface area contributed by atoms with Crippen LogP contribution in [0.4, 0.5) is 4.39 Å². The molecule has 9 nitrogen and oxygen atoms in total. The summed E-state index contributed by atoms with van der Waals surface area (Å²) >= 11 is 0. The number of halogens is 1. The highest BCUT2D eigenvalue weighted by atomic mass is 19.1. The molecular formula is C28H25FN4O5. The Morgan fingerprint density at radius 2 is 2.03 bits per heavy atom. The van der Waals surface area contributed by atoms with Gasteiger partial charge in [0.15, 0.2) is 17.5 Å². The Hall–Kier alpha value is -4.49. The number of hydrogen-bond acceptors (Lipinski definition) is 8. The molecule has 38 heavy (non-hydrogen) atoms. The molecular weight excluding hydrogens is 491 g/mol. The van der Waals surface area contributed by atoms with Gasteiger partial charge in [-0.1, -0.05) is 6.07 Å². The van der Waals surface area contributed by atoms with E-state index < -0.39 is 12.3 Å². The van der Waals surface area contributed by atoms with Crippen LogP contribution in [0.5, 0.6) is 11.5 Å². The molecule has 2 atom stereocenters. The molecule has 10 heteroatoms. The van der Waals surface area contributed by atoms with E-state index in [1.165, 1.54) is 18.2 Å². The van der Waals surface area contributed by atoms with Crippen molar-refractivity contribution in [2.24, 2.45) is 0 Å². The number of carbonyl (C=O) groups excluding carboxylic acids is 1. The van der Waals surface area contributed by atoms with E-state index in [0.29, 0.717) is 63.8 Å². The average Bonchev–Trinajstić information content (AvgIpc) is 3.38. The highest BCUT2D eigenvalue weighted by Gasteiger charge is 2.28. The fourth-order valence-corrected chi connectivity index (χ4v) is 4.31. The number of fused-ring (bicyclic) bond motifs is 1. The van der Waals surface area contributed by atoms with Crippen molar-refractivity contribution in [3.05, 3.63) is 59.9 Å². The van der Waals surface area contributed by atoms with E-state index in [2.05, 4.69) is 16.0 Å². The van der Waals surface area contributed by atoms with Gasteiger partial charge in [-0.15, -0.1) is 0 Å². The van der Waals surface area contributed by atoms with E-state index in [4.69, 9.17) is 18.6 Å². The van der Waals surface area contributed by atoms with E-state index in [9.17, 15) is 14.4 Å². The summed E-state index contributed by atoms with van der Waals surface area (Å²) in [7, 11) is 4.82. The van der Waals surface area contributed by atoms with Crippen LogP contribution in [0.3, 0.4) is 0 Å². The number of carbonyl (C=O) groups is 1. The van der Waals surface area contributed by atoms with Gasteiger partial charge >= 0.3 is 0 Å². The van der Waals surface area contributed by atoms with Gasteiger partial charge in [-0.05, 0) is 29.8 Å². The summed E-state index contributed by atoms with van der Waals surface area (Å²) < 4.78 is 36.9. The molecule has 1 amide bonds. The van der Waals surface area contributed by atoms with Crippen LogP contribution in [0, 0.1) is 11.3 Å². The first-order valence-corrected chi connectivity index (χ1v) is 12.0. The lowest BCUT2D eigenvalue weighted by molar-refractivity contribution is -0.0383. The predicted octanol–water partition coefficient (Wildman–Crippen LogP) is 4.64. The lowest BCUT2D eigenvalue weighted by Gasteiger charge is -2.27. The number of methoxy groups -OCH3 is 1. The van der Waals surface area contributed by atoms with Gasteiger partial charge in [0.2, 0.25) is 0 Å². The van der Waals surface area contributed by atoms with Gasteiger partial charge in [-0.25, -0.2) is 9.37 Å². The molecule has 194 valence electrons. The number of pyridine rings is 2. The Morgan fingerprint density at radius 1 is 1.18 bits per heavy atom. The van der Waals surface area contributed by atoms with E-state index in [1.54, 1.807) is 56.7 Å². The molecule has 2 unspecified atom stereocenters. The number of furan rings is 1. The zero-order chi connectivity index (χ0) is 26.8. The molecule has 1 aliphatic rings. The normalized spacial score (nSPS) is 17.1. The van der Waals surface area contributed by atoms with Crippen molar-refractivity contribution in [3.8, 4) is 40.1 Å². The maximum absolute atomic E-state index is 14.2. The molecule has 4 aromatic rings. The number of nitrogens with zero attached hydrogens (tertiary/aromatic N) is 4. The number of amides is 1. The van der Waals surface area contributed by atoms with Gasteiger partial charge in [0.1, 0.15) is 34.9 Å². The number of rotatable bonds is 6. The fraction of sp³-hybridized carbons (Fsp3) is 0.286. The Kier molecular flexibility index (Phi) is 6.94. The first-order chi connectivity index (χ1) is 18.4. The van der Waals surface area contributed by atoms with Crippen LogP contribution in [0.25, 0.3) is 33.7 Å². The molecule has 0 spiro atoms. The summed E-state index contributed by atoms with van der Waals surface area (Å²) in [6, 6.07) is 12.4. The second-order valence-electron chi connectivity index (χ2n) is 9.02. The summed E-state index contributed by atoms with van der Waals surface area (Å²) in [6.07, 6.45) is 1.61. The van der Waals surface area contributed by atoms with Crippen molar-refractivity contribution in [3.63, 3.8) is 0 Å². The average molecular weight is 517 g/mol. The minimum Gasteiger partial charge on any atom is -0.494 e. The van der Waals surface area contributed by atoms with Crippen molar-refractivity contribution in [1.29, 1.82) is 5.26 Å². The van der Waals surface area contributed by atoms with Crippen LogP contribution >= 0.6 is 0 Å². The third kappa shape index (κ3) is 4.76. The van der Waals surface area contributed by atoms with E-state index in [-0.39, 0.29) is 18.1 Å². The summed E-state index contributed by atoms with van der Waals surface area (Å²) in [5, 5.41) is 9.77. The summed E-state index contributed by atoms with van der Waals surface area (Å²) in [4.78, 5) is 22.7. The third-order valence-corrected chi connectivity index (χ3v) is 6.29. The molecule has 5 rings (SSSR count). The number of hydrogen-bond donors (Lipinski definition) is 0. The van der Waals surface area contributed by atoms with Crippen molar-refractivity contribution < 1.29 is 27.8 Å². The van der Waals surface area contributed by atoms with Crippen molar-refractivity contribution >= 4 is 17.0 Å². The molecule has 0 aliphatic carbocycles. The predicted molar refractivity (Wildman–Crippen MR) is 137 cm³/mol. The van der Waals surface area contributed by atoms with Crippen molar-refractivity contribution in [2.75, 3.05) is 34.4 Å². The maximum atomic E-state index is 14.2. The number of aromatic nitrogens is 2. The quantitative estimate of drug-likeness (QED) is 0.364. The smallest absolute Gasteiger partial charge is 0.255 e. The van der Waals surface area contributed by atoms with Gasteiger partial charge in [0.25, 0.3) is 5.91 Å². The van der Waals surface area contributed by atoms with E-state index in [0.717, 1.165) is 0 Å². The second kappa shape index (κ2) is 10.5. The highest BCUT2D eigenvalue weighted by Crippen LogP contribution is 2.37. The molecule has 1 aliphatic heterocycles. The number of nitriles is 1. The largest absolute Gasteiger partial charge is 0.494 e. The molecule has 0 N–H and O–H groups in total. The van der Waals surface area contributed by atoms with Crippen LogP contribution in [0.15, 0.2) is 53.2 Å². The van der Waals surface area contributed by atoms with Gasteiger partial charge < -0.3 is 23.5 Å². The first-order valence-electron chi connectivity index (χ1n) is 12.0. The zero-order valence-corrected chi connectivity index (χ0v) is 21.1. The monoisotopic (exact) mass is 516 g/mol. The summed E-state index contributed by atoms with van der Waals surface area (Å²) in [5.41, 5.74) is 3.57. The van der Waals surface area contributed by atoms with Gasteiger partial charge in [-0.3, -0.25) is 9.78 Å². The minimum atomic E-state index is -1.25. The molecule has 3 aromatic heterocycles. The molecule has 0 bridgehead atoms. The first kappa shape index (κ1) is 25.2. The van der Waals surface area contributed by atoms with Gasteiger partial charge in [0, 0.05) is 44.5 Å². The maximum Gasteiger partial charge on any atom is 0.255 e. The Morgan fingerprint density at radius 3 is 2.76 bits per heavy atom. The van der Waals surface area contributed by atoms with Crippen molar-refractivity contribution in [2.45, 2.75) is 18.7 Å². The molecule has 0 saturated carbocycles. The molecule has 0 radical (unpaired) electrons. The molecule has 1 aromatic carbocycles. The van der Waals surface area contributed by atoms with Gasteiger partial charge in [0.05, 0.1) is 31.5 Å². The second-order valence-corrected chi connectivity index (χ2v) is 9.02. The lowest BCUT2D eigenvalue weighted by atomic mass is 10.0. The molecule has 4 heterocycles. The van der Waals surface area contributed by atoms with Gasteiger partial charge in [-0.2, -0.15) is 5.26 Å². The van der Waals surface area contributed by atoms with Crippen molar-refractivity contribution in [1.82, 2.24) is 14.9 Å². The molecule has 1 saturated heterocycles. The van der Waals surface area contributed by atoms with Crippen LogP contribution < -0.4 is 9.47 Å². The third-order valence-electron chi connectivity index (χ3n) is 6.29. The van der Waals surface area contributed by atoms with Crippen LogP contribution in [-0.2, 0) is 4.74 Å². The fourth-order valence-electron chi connectivity index (χ4n) is 4.31. The topological polar surface area (TPSA) is 111 Å². The van der Waals surface area contributed by atoms with Crippen LogP contribution in [-0.4, -0.2) is 67.5 Å². The zero-order valence-electron chi connectivity index (χ0n) is 21.1.